The summed E-state index contributed by atoms with van der Waals surface area (Å²) in [5.74, 6) is -0.769. The maximum absolute atomic E-state index is 12.9. The van der Waals surface area contributed by atoms with Gasteiger partial charge in [0, 0.05) is 13.7 Å². The zero-order chi connectivity index (χ0) is 18.3. The van der Waals surface area contributed by atoms with Crippen LogP contribution in [0.25, 0.3) is 0 Å². The van der Waals surface area contributed by atoms with E-state index in [1.54, 1.807) is 20.8 Å². The minimum Gasteiger partial charge on any atom is -0.465 e. The molecule has 0 radical (unpaired) electrons. The monoisotopic (exact) mass is 341 g/mol. The first-order valence-electron chi connectivity index (χ1n) is 7.56. The van der Waals surface area contributed by atoms with Gasteiger partial charge in [-0.3, -0.25) is 4.79 Å². The minimum absolute atomic E-state index is 0.0284. The Morgan fingerprint density at radius 2 is 1.83 bits per heavy atom. The summed E-state index contributed by atoms with van der Waals surface area (Å²) < 4.78 is 23.3. The first kappa shape index (κ1) is 19.9. The molecule has 1 N–H and O–H groups in total. The van der Waals surface area contributed by atoms with Crippen molar-refractivity contribution in [2.75, 3.05) is 20.3 Å². The smallest absolute Gasteiger partial charge is 0.407 e. The van der Waals surface area contributed by atoms with Crippen LogP contribution in [0.15, 0.2) is 24.3 Å². The van der Waals surface area contributed by atoms with Crippen molar-refractivity contribution in [1.29, 1.82) is 0 Å². The average molecular weight is 341 g/mol. The fourth-order valence-electron chi connectivity index (χ4n) is 1.85. The quantitative estimate of drug-likeness (QED) is 0.772. The minimum atomic E-state index is -1.14. The second kappa shape index (κ2) is 8.63. The lowest BCUT2D eigenvalue weighted by molar-refractivity contribution is -0.156. The van der Waals surface area contributed by atoms with Crippen LogP contribution in [0.5, 0.6) is 0 Å². The van der Waals surface area contributed by atoms with Crippen molar-refractivity contribution in [1.82, 2.24) is 4.90 Å². The summed E-state index contributed by atoms with van der Waals surface area (Å²) in [7, 11) is 1.42. The van der Waals surface area contributed by atoms with Crippen LogP contribution in [0.3, 0.4) is 0 Å². The van der Waals surface area contributed by atoms with Gasteiger partial charge in [-0.25, -0.2) is 9.18 Å². The van der Waals surface area contributed by atoms with Gasteiger partial charge in [0.05, 0.1) is 12.0 Å². The number of halogens is 1. The van der Waals surface area contributed by atoms with Crippen molar-refractivity contribution in [3.63, 3.8) is 0 Å². The molecule has 24 heavy (non-hydrogen) atoms. The van der Waals surface area contributed by atoms with Gasteiger partial charge in [-0.05, 0) is 38.5 Å². The average Bonchev–Trinajstić information content (AvgIpc) is 2.50. The van der Waals surface area contributed by atoms with E-state index in [1.165, 1.54) is 31.4 Å². The van der Waals surface area contributed by atoms with E-state index < -0.39 is 17.6 Å². The van der Waals surface area contributed by atoms with Gasteiger partial charge in [0.25, 0.3) is 0 Å². The molecule has 1 amide bonds. The molecular formula is C17H24FNO5. The van der Waals surface area contributed by atoms with E-state index in [2.05, 4.69) is 0 Å². The number of methoxy groups -OCH3 is 1. The molecule has 0 aliphatic carbocycles. The molecule has 0 bridgehead atoms. The van der Waals surface area contributed by atoms with Crippen molar-refractivity contribution >= 4 is 12.1 Å². The predicted octanol–water partition coefficient (Wildman–Crippen LogP) is 2.91. The van der Waals surface area contributed by atoms with Crippen molar-refractivity contribution in [3.8, 4) is 0 Å². The number of carbonyl (C=O) groups excluding carboxylic acids is 1. The van der Waals surface area contributed by atoms with Crippen LogP contribution < -0.4 is 0 Å². The second-order valence-corrected chi connectivity index (χ2v) is 6.50. The Morgan fingerprint density at radius 1 is 1.25 bits per heavy atom. The van der Waals surface area contributed by atoms with Gasteiger partial charge in [-0.15, -0.1) is 0 Å². The third-order valence-corrected chi connectivity index (χ3v) is 3.33. The number of benzene rings is 1. The number of esters is 1. The van der Waals surface area contributed by atoms with E-state index in [1.807, 2.05) is 0 Å². The molecule has 1 atom stereocenters. The lowest BCUT2D eigenvalue weighted by Crippen LogP contribution is -2.40. The van der Waals surface area contributed by atoms with Crippen molar-refractivity contribution in [3.05, 3.63) is 35.6 Å². The van der Waals surface area contributed by atoms with Gasteiger partial charge in [-0.1, -0.05) is 12.1 Å². The van der Waals surface area contributed by atoms with Gasteiger partial charge < -0.3 is 19.5 Å². The number of ether oxygens (including phenoxy) is 2. The fraction of sp³-hybridized carbons (Fsp3) is 0.529. The van der Waals surface area contributed by atoms with E-state index in [0.717, 1.165) is 4.90 Å². The molecule has 0 aliphatic rings. The van der Waals surface area contributed by atoms with Gasteiger partial charge >= 0.3 is 12.1 Å². The van der Waals surface area contributed by atoms with Gasteiger partial charge in [0.15, 0.2) is 0 Å². The topological polar surface area (TPSA) is 76.1 Å². The van der Waals surface area contributed by atoms with Crippen molar-refractivity contribution in [2.24, 2.45) is 5.41 Å². The summed E-state index contributed by atoms with van der Waals surface area (Å²) in [6.45, 7) is 5.27. The van der Waals surface area contributed by atoms with Gasteiger partial charge in [0.2, 0.25) is 0 Å². The van der Waals surface area contributed by atoms with Gasteiger partial charge in [0.1, 0.15) is 18.5 Å². The maximum atomic E-state index is 12.9. The van der Waals surface area contributed by atoms with Crippen LogP contribution in [0, 0.1) is 11.2 Å². The van der Waals surface area contributed by atoms with E-state index in [0.29, 0.717) is 5.56 Å². The lowest BCUT2D eigenvalue weighted by Gasteiger charge is -2.25. The van der Waals surface area contributed by atoms with Crippen LogP contribution in [-0.4, -0.2) is 48.4 Å². The Hall–Kier alpha value is -2.15. The predicted molar refractivity (Wildman–Crippen MR) is 86.0 cm³/mol. The molecule has 0 spiro atoms. The first-order chi connectivity index (χ1) is 11.1. The molecule has 0 saturated heterocycles. The molecule has 1 aromatic carbocycles. The second-order valence-electron chi connectivity index (χ2n) is 6.50. The van der Waals surface area contributed by atoms with Crippen molar-refractivity contribution < 1.29 is 28.6 Å². The highest BCUT2D eigenvalue weighted by atomic mass is 19.1. The standard InChI is InChI=1S/C17H24FNO5/c1-17(2,3)15(20)24-11-14(23-4)10-19(16(21)22)9-12-5-7-13(18)8-6-12/h5-8,14H,9-11H2,1-4H3,(H,21,22). The Morgan fingerprint density at radius 3 is 2.29 bits per heavy atom. The maximum Gasteiger partial charge on any atom is 0.407 e. The number of carbonyl (C=O) groups is 2. The molecule has 0 saturated carbocycles. The van der Waals surface area contributed by atoms with Gasteiger partial charge in [-0.2, -0.15) is 0 Å². The molecule has 1 aromatic rings. The summed E-state index contributed by atoms with van der Waals surface area (Å²) in [6, 6.07) is 5.59. The van der Waals surface area contributed by atoms with E-state index in [4.69, 9.17) is 9.47 Å². The Balaban J connectivity index is 2.66. The van der Waals surface area contributed by atoms with Crippen LogP contribution in [0.1, 0.15) is 26.3 Å². The third-order valence-electron chi connectivity index (χ3n) is 3.33. The fourth-order valence-corrected chi connectivity index (χ4v) is 1.85. The lowest BCUT2D eigenvalue weighted by atomic mass is 9.97. The van der Waals surface area contributed by atoms with Crippen LogP contribution in [-0.2, 0) is 20.8 Å². The number of carboxylic acid groups (broad SMARTS) is 1. The number of hydrogen-bond acceptors (Lipinski definition) is 4. The zero-order valence-corrected chi connectivity index (χ0v) is 14.4. The largest absolute Gasteiger partial charge is 0.465 e. The number of hydrogen-bond donors (Lipinski definition) is 1. The summed E-state index contributed by atoms with van der Waals surface area (Å²) >= 11 is 0. The highest BCUT2D eigenvalue weighted by molar-refractivity contribution is 5.75. The van der Waals surface area contributed by atoms with Crippen molar-refractivity contribution in [2.45, 2.75) is 33.4 Å². The summed E-state index contributed by atoms with van der Waals surface area (Å²) in [5.41, 5.74) is 0.0131. The van der Waals surface area contributed by atoms with Crippen LogP contribution >= 0.6 is 0 Å². The van der Waals surface area contributed by atoms with E-state index >= 15 is 0 Å². The molecule has 6 nitrogen and oxygen atoms in total. The number of rotatable bonds is 7. The molecule has 7 heteroatoms. The Kier molecular flexibility index (Phi) is 7.16. The highest BCUT2D eigenvalue weighted by Crippen LogP contribution is 2.16. The van der Waals surface area contributed by atoms with E-state index in [9.17, 15) is 19.1 Å². The third kappa shape index (κ3) is 6.54. The first-order valence-corrected chi connectivity index (χ1v) is 7.56. The molecule has 0 heterocycles. The summed E-state index contributed by atoms with van der Waals surface area (Å²) in [6.07, 6.45) is -1.73. The SMILES string of the molecule is COC(COC(=O)C(C)(C)C)CN(Cc1ccc(F)cc1)C(=O)O. The molecule has 134 valence electrons. The molecule has 1 unspecified atom stereocenters. The molecular weight excluding hydrogens is 317 g/mol. The summed E-state index contributed by atoms with van der Waals surface area (Å²) in [5, 5.41) is 9.33. The number of amides is 1. The van der Waals surface area contributed by atoms with E-state index in [-0.39, 0.29) is 31.5 Å². The molecule has 0 fully saturated rings. The Bertz CT molecular complexity index is 553. The zero-order valence-electron chi connectivity index (χ0n) is 14.4. The number of nitrogens with zero attached hydrogens (tertiary/aromatic N) is 1. The highest BCUT2D eigenvalue weighted by Gasteiger charge is 2.25. The summed E-state index contributed by atoms with van der Waals surface area (Å²) in [4.78, 5) is 24.3. The van der Waals surface area contributed by atoms with Crippen LogP contribution in [0.4, 0.5) is 9.18 Å². The molecule has 1 rings (SSSR count). The normalized spacial score (nSPS) is 12.5. The Labute approximate surface area is 141 Å². The molecule has 0 aliphatic heterocycles. The van der Waals surface area contributed by atoms with Crippen LogP contribution in [0.2, 0.25) is 0 Å². The molecule has 0 aromatic heterocycles.